The van der Waals surface area contributed by atoms with Crippen LogP contribution < -0.4 is 10.6 Å². The lowest BCUT2D eigenvalue weighted by molar-refractivity contribution is 0.0377. The largest absolute Gasteiger partial charge is 0.444 e. The molecular weight excluding hydrogens is 510 g/mol. The minimum absolute atomic E-state index is 0.367. The van der Waals surface area contributed by atoms with Gasteiger partial charge in [-0.25, -0.2) is 14.8 Å². The fraction of sp³-hybridized carbons (Fsp3) is 0.324. The molecule has 41 heavy (non-hydrogen) atoms. The number of imidazole rings is 1. The second-order valence-electron chi connectivity index (χ2n) is 12.3. The number of aromatic nitrogens is 3. The SMILES string of the molecule is CC(C)(C)OC(=O)NC1(c2ccc(-c3c(C4=CCCC4)nc4n3-c3cccnc3Nc3ccccc3-4)cc2)CCC1. The van der Waals surface area contributed by atoms with E-state index in [2.05, 4.69) is 69.8 Å². The van der Waals surface area contributed by atoms with Crippen molar-refractivity contribution in [3.8, 4) is 28.3 Å². The molecule has 1 fully saturated rings. The van der Waals surface area contributed by atoms with Crippen LogP contribution in [0.4, 0.5) is 16.3 Å². The predicted molar refractivity (Wildman–Crippen MR) is 162 cm³/mol. The molecule has 4 aromatic rings. The van der Waals surface area contributed by atoms with E-state index in [4.69, 9.17) is 14.7 Å². The van der Waals surface area contributed by atoms with Crippen molar-refractivity contribution in [1.29, 1.82) is 0 Å². The number of pyridine rings is 1. The lowest BCUT2D eigenvalue weighted by Gasteiger charge is -2.43. The summed E-state index contributed by atoms with van der Waals surface area (Å²) in [6, 6.07) is 21.0. The van der Waals surface area contributed by atoms with E-state index in [0.717, 1.165) is 89.6 Å². The summed E-state index contributed by atoms with van der Waals surface area (Å²) in [6.07, 6.45) is 9.89. The molecule has 2 N–H and O–H groups in total. The number of nitrogens with zero attached hydrogens (tertiary/aromatic N) is 3. The first kappa shape index (κ1) is 25.6. The van der Waals surface area contributed by atoms with Crippen molar-refractivity contribution in [3.05, 3.63) is 84.2 Å². The van der Waals surface area contributed by atoms with Gasteiger partial charge < -0.3 is 15.4 Å². The molecule has 2 aromatic heterocycles. The molecule has 0 spiro atoms. The first-order valence-corrected chi connectivity index (χ1v) is 14.6. The second-order valence-corrected chi connectivity index (χ2v) is 12.3. The average molecular weight is 546 g/mol. The molecule has 7 nitrogen and oxygen atoms in total. The number of amides is 1. The Hall–Kier alpha value is -4.39. The topological polar surface area (TPSA) is 81.1 Å². The number of hydrogen-bond acceptors (Lipinski definition) is 5. The number of benzene rings is 2. The lowest BCUT2D eigenvalue weighted by Crippen LogP contribution is -2.52. The molecule has 0 unspecified atom stereocenters. The molecule has 3 aliphatic rings. The number of nitrogens with one attached hydrogen (secondary N) is 2. The van der Waals surface area contributed by atoms with Gasteiger partial charge in [-0.2, -0.15) is 0 Å². The van der Waals surface area contributed by atoms with Crippen molar-refractivity contribution < 1.29 is 9.53 Å². The van der Waals surface area contributed by atoms with E-state index in [0.29, 0.717) is 0 Å². The maximum atomic E-state index is 12.7. The van der Waals surface area contributed by atoms with E-state index in [1.165, 1.54) is 5.57 Å². The van der Waals surface area contributed by atoms with Gasteiger partial charge >= 0.3 is 6.09 Å². The summed E-state index contributed by atoms with van der Waals surface area (Å²) in [7, 11) is 0. The summed E-state index contributed by atoms with van der Waals surface area (Å²) < 4.78 is 7.87. The van der Waals surface area contributed by atoms with Crippen LogP contribution in [-0.2, 0) is 10.3 Å². The predicted octanol–water partition coefficient (Wildman–Crippen LogP) is 8.13. The minimum atomic E-state index is -0.539. The van der Waals surface area contributed by atoms with Crippen LogP contribution in [-0.4, -0.2) is 26.2 Å². The van der Waals surface area contributed by atoms with Gasteiger partial charge in [-0.05, 0) is 94.7 Å². The number of rotatable bonds is 4. The number of carbonyl (C=O) groups excluding carboxylic acids is 1. The highest BCUT2D eigenvalue weighted by Gasteiger charge is 2.41. The number of anilines is 2. The van der Waals surface area contributed by atoms with E-state index >= 15 is 0 Å². The zero-order valence-electron chi connectivity index (χ0n) is 23.8. The highest BCUT2D eigenvalue weighted by atomic mass is 16.6. The summed E-state index contributed by atoms with van der Waals surface area (Å²) in [6.45, 7) is 5.67. The van der Waals surface area contributed by atoms with Crippen molar-refractivity contribution >= 4 is 23.2 Å². The molecule has 1 aliphatic heterocycles. The number of allylic oxidation sites excluding steroid dienone is 2. The zero-order chi connectivity index (χ0) is 28.2. The summed E-state index contributed by atoms with van der Waals surface area (Å²) in [5.74, 6) is 1.71. The lowest BCUT2D eigenvalue weighted by atomic mass is 9.71. The number of ether oxygens (including phenoxy) is 1. The van der Waals surface area contributed by atoms with E-state index in [-0.39, 0.29) is 6.09 Å². The maximum Gasteiger partial charge on any atom is 0.408 e. The molecule has 0 atom stereocenters. The molecule has 1 amide bonds. The Morgan fingerprint density at radius 3 is 2.54 bits per heavy atom. The third kappa shape index (κ3) is 4.49. The van der Waals surface area contributed by atoms with Gasteiger partial charge in [-0.1, -0.05) is 42.5 Å². The van der Waals surface area contributed by atoms with Crippen LogP contribution in [0.25, 0.3) is 33.9 Å². The third-order valence-electron chi connectivity index (χ3n) is 8.33. The summed E-state index contributed by atoms with van der Waals surface area (Å²) in [5.41, 5.74) is 7.64. The number of para-hydroxylation sites is 1. The first-order chi connectivity index (χ1) is 19.8. The fourth-order valence-corrected chi connectivity index (χ4v) is 6.26. The van der Waals surface area contributed by atoms with Gasteiger partial charge in [0, 0.05) is 17.3 Å². The molecular formula is C34H35N5O2. The Labute approximate surface area is 240 Å². The van der Waals surface area contributed by atoms with E-state index in [1.54, 1.807) is 0 Å². The second kappa shape index (κ2) is 9.61. The van der Waals surface area contributed by atoms with Crippen molar-refractivity contribution in [2.75, 3.05) is 5.32 Å². The van der Waals surface area contributed by atoms with Gasteiger partial charge in [0.1, 0.15) is 11.4 Å². The number of carbonyl (C=O) groups is 1. The zero-order valence-corrected chi connectivity index (χ0v) is 23.8. The van der Waals surface area contributed by atoms with Crippen LogP contribution in [0.5, 0.6) is 0 Å². The van der Waals surface area contributed by atoms with E-state index < -0.39 is 11.1 Å². The van der Waals surface area contributed by atoms with E-state index in [9.17, 15) is 4.79 Å². The van der Waals surface area contributed by atoms with Crippen LogP contribution in [0.15, 0.2) is 72.9 Å². The summed E-state index contributed by atoms with van der Waals surface area (Å²) in [4.78, 5) is 22.8. The normalized spacial score (nSPS) is 16.7. The van der Waals surface area contributed by atoms with Gasteiger partial charge in [0.05, 0.1) is 28.3 Å². The Balaban J connectivity index is 1.36. The third-order valence-corrected chi connectivity index (χ3v) is 8.33. The Morgan fingerprint density at radius 2 is 1.83 bits per heavy atom. The quantitative estimate of drug-likeness (QED) is 0.238. The molecule has 1 saturated carbocycles. The number of hydrogen-bond donors (Lipinski definition) is 2. The molecule has 0 bridgehead atoms. The Morgan fingerprint density at radius 1 is 1.02 bits per heavy atom. The first-order valence-electron chi connectivity index (χ1n) is 14.6. The van der Waals surface area contributed by atoms with Crippen molar-refractivity contribution in [3.63, 3.8) is 0 Å². The molecule has 0 radical (unpaired) electrons. The van der Waals surface area contributed by atoms with Crippen LogP contribution in [0.3, 0.4) is 0 Å². The summed E-state index contributed by atoms with van der Waals surface area (Å²) >= 11 is 0. The highest BCUT2D eigenvalue weighted by Crippen LogP contribution is 2.46. The van der Waals surface area contributed by atoms with Crippen LogP contribution in [0.2, 0.25) is 0 Å². The molecule has 7 heteroatoms. The molecule has 2 aliphatic carbocycles. The molecule has 2 aromatic carbocycles. The standard InChI is InChI=1S/C34H35N5O2/c1-33(2,3)41-32(40)38-34(19-9-20-34)24-17-15-23(16-18-24)29-28(22-10-4-5-11-22)37-31-25-12-6-7-13-26(25)36-30-27(39(29)31)14-8-21-35-30/h6-8,10,12-18,21H,4-5,9,11,19-20H2,1-3H3,(H,35,36)(H,38,40). The van der Waals surface area contributed by atoms with Gasteiger partial charge in [0.15, 0.2) is 5.82 Å². The van der Waals surface area contributed by atoms with Crippen molar-refractivity contribution in [1.82, 2.24) is 19.9 Å². The molecule has 7 rings (SSSR count). The average Bonchev–Trinajstić information content (AvgIpc) is 3.57. The Bertz CT molecular complexity index is 1670. The van der Waals surface area contributed by atoms with Crippen LogP contribution in [0, 0.1) is 0 Å². The Kier molecular flexibility index (Phi) is 6.00. The van der Waals surface area contributed by atoms with E-state index in [1.807, 2.05) is 39.1 Å². The van der Waals surface area contributed by atoms with Gasteiger partial charge in [-0.3, -0.25) is 4.57 Å². The van der Waals surface area contributed by atoms with Crippen LogP contribution >= 0.6 is 0 Å². The monoisotopic (exact) mass is 545 g/mol. The van der Waals surface area contributed by atoms with Crippen LogP contribution in [0.1, 0.15) is 70.6 Å². The van der Waals surface area contributed by atoms with Gasteiger partial charge in [0.25, 0.3) is 0 Å². The van der Waals surface area contributed by atoms with Gasteiger partial charge in [-0.15, -0.1) is 0 Å². The maximum absolute atomic E-state index is 12.7. The van der Waals surface area contributed by atoms with Gasteiger partial charge in [0.2, 0.25) is 0 Å². The minimum Gasteiger partial charge on any atom is -0.444 e. The highest BCUT2D eigenvalue weighted by molar-refractivity contribution is 5.90. The number of alkyl carbamates (subject to hydrolysis) is 1. The smallest absolute Gasteiger partial charge is 0.408 e. The molecule has 0 saturated heterocycles. The van der Waals surface area contributed by atoms with Crippen molar-refractivity contribution in [2.45, 2.75) is 70.4 Å². The molecule has 3 heterocycles. The summed E-state index contributed by atoms with van der Waals surface area (Å²) in [5, 5.41) is 6.73. The van der Waals surface area contributed by atoms with Crippen molar-refractivity contribution in [2.24, 2.45) is 0 Å². The molecule has 208 valence electrons. The number of fused-ring (bicyclic) bond motifs is 5. The fourth-order valence-electron chi connectivity index (χ4n) is 6.26.